The Morgan fingerprint density at radius 2 is 1.75 bits per heavy atom. The molecule has 8 heteroatoms. The van der Waals surface area contributed by atoms with Crippen molar-refractivity contribution in [2.75, 3.05) is 26.2 Å². The summed E-state index contributed by atoms with van der Waals surface area (Å²) in [4.78, 5) is 33.8. The molecule has 2 aliphatic rings. The number of piperazine rings is 1. The van der Waals surface area contributed by atoms with E-state index in [4.69, 9.17) is 9.26 Å². The smallest absolute Gasteiger partial charge is 0.339 e. The molecule has 2 atom stereocenters. The predicted octanol–water partition coefficient (Wildman–Crippen LogP) is 2.72. The SMILES string of the molecule is CC(c1nc(-c2ccccc2)no1)N1CCN(C(=O)C2Cc3ccccc3C(=O)O2)CC1. The molecule has 1 aromatic heterocycles. The molecule has 164 valence electrons. The highest BCUT2D eigenvalue weighted by Crippen LogP contribution is 2.25. The van der Waals surface area contributed by atoms with Crippen LogP contribution >= 0.6 is 0 Å². The van der Waals surface area contributed by atoms with Crippen LogP contribution in [0.15, 0.2) is 59.1 Å². The molecule has 2 aromatic carbocycles. The fraction of sp³-hybridized carbons (Fsp3) is 0.333. The van der Waals surface area contributed by atoms with Gasteiger partial charge in [-0.15, -0.1) is 0 Å². The monoisotopic (exact) mass is 432 g/mol. The summed E-state index contributed by atoms with van der Waals surface area (Å²) in [5, 5.41) is 4.11. The number of rotatable bonds is 4. The van der Waals surface area contributed by atoms with Gasteiger partial charge in [-0.2, -0.15) is 4.98 Å². The topological polar surface area (TPSA) is 88.8 Å². The Balaban J connectivity index is 1.20. The van der Waals surface area contributed by atoms with Crippen LogP contribution < -0.4 is 0 Å². The van der Waals surface area contributed by atoms with Crippen molar-refractivity contribution < 1.29 is 18.8 Å². The zero-order valence-electron chi connectivity index (χ0n) is 17.8. The normalized spacial score (nSPS) is 19.8. The molecular weight excluding hydrogens is 408 g/mol. The van der Waals surface area contributed by atoms with Crippen LogP contribution in [0.5, 0.6) is 0 Å². The minimum atomic E-state index is -0.759. The number of esters is 1. The first-order valence-corrected chi connectivity index (χ1v) is 10.8. The number of cyclic esters (lactones) is 1. The van der Waals surface area contributed by atoms with E-state index in [-0.39, 0.29) is 11.9 Å². The molecule has 1 saturated heterocycles. The first-order valence-electron chi connectivity index (χ1n) is 10.8. The van der Waals surface area contributed by atoms with Gasteiger partial charge in [-0.1, -0.05) is 53.7 Å². The van der Waals surface area contributed by atoms with Crippen LogP contribution in [0.4, 0.5) is 0 Å². The number of carbonyl (C=O) groups excluding carboxylic acids is 2. The van der Waals surface area contributed by atoms with Gasteiger partial charge in [-0.05, 0) is 18.6 Å². The highest BCUT2D eigenvalue weighted by atomic mass is 16.5. The minimum Gasteiger partial charge on any atom is -0.448 e. The van der Waals surface area contributed by atoms with Crippen molar-refractivity contribution in [3.05, 3.63) is 71.6 Å². The van der Waals surface area contributed by atoms with E-state index in [2.05, 4.69) is 15.0 Å². The molecule has 2 unspecified atom stereocenters. The van der Waals surface area contributed by atoms with Gasteiger partial charge in [-0.3, -0.25) is 9.69 Å². The van der Waals surface area contributed by atoms with E-state index in [1.807, 2.05) is 49.4 Å². The second kappa shape index (κ2) is 8.55. The maximum atomic E-state index is 13.0. The third-order valence-corrected chi connectivity index (χ3v) is 6.17. The quantitative estimate of drug-likeness (QED) is 0.586. The molecule has 0 bridgehead atoms. The van der Waals surface area contributed by atoms with Crippen LogP contribution in [-0.4, -0.2) is 64.1 Å². The van der Waals surface area contributed by atoms with Crippen LogP contribution in [-0.2, 0) is 16.0 Å². The second-order valence-corrected chi connectivity index (χ2v) is 8.11. The third kappa shape index (κ3) is 3.89. The Morgan fingerprint density at radius 1 is 1.03 bits per heavy atom. The number of carbonyl (C=O) groups is 2. The number of amides is 1. The number of ether oxygens (including phenoxy) is 1. The lowest BCUT2D eigenvalue weighted by Crippen LogP contribution is -2.53. The molecule has 3 heterocycles. The van der Waals surface area contributed by atoms with Crippen LogP contribution in [0.3, 0.4) is 0 Å². The maximum absolute atomic E-state index is 13.0. The zero-order chi connectivity index (χ0) is 22.1. The fourth-order valence-electron chi connectivity index (χ4n) is 4.27. The van der Waals surface area contributed by atoms with Crippen molar-refractivity contribution in [2.24, 2.45) is 0 Å². The number of hydrogen-bond acceptors (Lipinski definition) is 7. The lowest BCUT2D eigenvalue weighted by molar-refractivity contribution is -0.143. The molecule has 8 nitrogen and oxygen atoms in total. The molecule has 0 N–H and O–H groups in total. The fourth-order valence-corrected chi connectivity index (χ4v) is 4.27. The van der Waals surface area contributed by atoms with Crippen molar-refractivity contribution >= 4 is 11.9 Å². The van der Waals surface area contributed by atoms with E-state index < -0.39 is 12.1 Å². The van der Waals surface area contributed by atoms with Gasteiger partial charge in [0.15, 0.2) is 6.10 Å². The van der Waals surface area contributed by atoms with Crippen LogP contribution in [0.25, 0.3) is 11.4 Å². The Bertz CT molecular complexity index is 1120. The lowest BCUT2D eigenvalue weighted by Gasteiger charge is -2.38. The van der Waals surface area contributed by atoms with Crippen molar-refractivity contribution in [2.45, 2.75) is 25.5 Å². The summed E-state index contributed by atoms with van der Waals surface area (Å²) in [6.07, 6.45) is -0.340. The molecule has 2 aliphatic heterocycles. The average molecular weight is 432 g/mol. The number of hydrogen-bond donors (Lipinski definition) is 0. The molecular formula is C24H24N4O4. The Labute approximate surface area is 185 Å². The molecule has 5 rings (SSSR count). The number of nitrogens with zero attached hydrogens (tertiary/aromatic N) is 4. The maximum Gasteiger partial charge on any atom is 0.339 e. The van der Waals surface area contributed by atoms with Crippen molar-refractivity contribution in [1.82, 2.24) is 19.9 Å². The summed E-state index contributed by atoms with van der Waals surface area (Å²) in [5.41, 5.74) is 2.32. The van der Waals surface area contributed by atoms with E-state index in [0.717, 1.165) is 11.1 Å². The summed E-state index contributed by atoms with van der Waals surface area (Å²) in [5.74, 6) is 0.564. The molecule has 32 heavy (non-hydrogen) atoms. The van der Waals surface area contributed by atoms with E-state index in [0.29, 0.717) is 49.9 Å². The van der Waals surface area contributed by atoms with E-state index >= 15 is 0 Å². The molecule has 0 spiro atoms. The third-order valence-electron chi connectivity index (χ3n) is 6.17. The number of fused-ring (bicyclic) bond motifs is 1. The van der Waals surface area contributed by atoms with Gasteiger partial charge in [0.2, 0.25) is 11.7 Å². The molecule has 1 amide bonds. The average Bonchev–Trinajstić information content (AvgIpc) is 3.34. The standard InChI is InChI=1S/C24H24N4O4/c1-16(22-25-21(26-32-22)17-7-3-2-4-8-17)27-11-13-28(14-12-27)23(29)20-15-18-9-5-6-10-19(18)24(30)31-20/h2-10,16,20H,11-15H2,1H3. The summed E-state index contributed by atoms with van der Waals surface area (Å²) in [6.45, 7) is 4.48. The molecule has 1 fully saturated rings. The Morgan fingerprint density at radius 3 is 2.53 bits per heavy atom. The Kier molecular flexibility index (Phi) is 5.45. The van der Waals surface area contributed by atoms with Gasteiger partial charge in [0.1, 0.15) is 0 Å². The van der Waals surface area contributed by atoms with Crippen molar-refractivity contribution in [3.8, 4) is 11.4 Å². The molecule has 0 saturated carbocycles. The summed E-state index contributed by atoms with van der Waals surface area (Å²) < 4.78 is 10.9. The van der Waals surface area contributed by atoms with Gasteiger partial charge in [-0.25, -0.2) is 4.79 Å². The van der Waals surface area contributed by atoms with Crippen LogP contribution in [0.1, 0.15) is 34.8 Å². The molecule has 3 aromatic rings. The molecule has 0 aliphatic carbocycles. The van der Waals surface area contributed by atoms with Crippen LogP contribution in [0.2, 0.25) is 0 Å². The molecule has 0 radical (unpaired) electrons. The first-order chi connectivity index (χ1) is 15.6. The zero-order valence-corrected chi connectivity index (χ0v) is 17.8. The van der Waals surface area contributed by atoms with E-state index in [1.54, 1.807) is 17.0 Å². The summed E-state index contributed by atoms with van der Waals surface area (Å²) in [6, 6.07) is 16.9. The number of aromatic nitrogens is 2. The number of benzene rings is 2. The van der Waals surface area contributed by atoms with Gasteiger partial charge in [0.25, 0.3) is 5.91 Å². The van der Waals surface area contributed by atoms with Gasteiger partial charge < -0.3 is 14.2 Å². The van der Waals surface area contributed by atoms with E-state index in [9.17, 15) is 9.59 Å². The highest BCUT2D eigenvalue weighted by Gasteiger charge is 2.36. The van der Waals surface area contributed by atoms with Gasteiger partial charge >= 0.3 is 5.97 Å². The first kappa shape index (κ1) is 20.4. The van der Waals surface area contributed by atoms with Gasteiger partial charge in [0.05, 0.1) is 11.6 Å². The van der Waals surface area contributed by atoms with Crippen molar-refractivity contribution in [3.63, 3.8) is 0 Å². The van der Waals surface area contributed by atoms with Crippen molar-refractivity contribution in [1.29, 1.82) is 0 Å². The largest absolute Gasteiger partial charge is 0.448 e. The van der Waals surface area contributed by atoms with Gasteiger partial charge in [0, 0.05) is 38.2 Å². The predicted molar refractivity (Wildman–Crippen MR) is 116 cm³/mol. The highest BCUT2D eigenvalue weighted by molar-refractivity contribution is 5.95. The lowest BCUT2D eigenvalue weighted by atomic mass is 9.98. The van der Waals surface area contributed by atoms with E-state index in [1.165, 1.54) is 0 Å². The second-order valence-electron chi connectivity index (χ2n) is 8.11. The summed E-state index contributed by atoms with van der Waals surface area (Å²) >= 11 is 0. The minimum absolute atomic E-state index is 0.0587. The van der Waals surface area contributed by atoms with Crippen LogP contribution in [0, 0.1) is 0 Å². The summed E-state index contributed by atoms with van der Waals surface area (Å²) in [7, 11) is 0. The Hall–Kier alpha value is -3.52.